The van der Waals surface area contributed by atoms with Gasteiger partial charge in [-0.15, -0.1) is 12.3 Å². The first-order chi connectivity index (χ1) is 15.4. The van der Waals surface area contributed by atoms with E-state index in [0.29, 0.717) is 30.0 Å². The molecule has 3 nitrogen and oxygen atoms in total. The zero-order valence-electron chi connectivity index (χ0n) is 19.5. The number of fused-ring (bicyclic) bond motifs is 4. The normalized spacial score (nSPS) is 33.1. The number of carbonyl (C=O) groups excluding carboxylic acids is 1. The number of benzene rings is 1. The van der Waals surface area contributed by atoms with Crippen LogP contribution in [-0.4, -0.2) is 23.2 Å². The van der Waals surface area contributed by atoms with Crippen molar-refractivity contribution in [1.82, 2.24) is 0 Å². The van der Waals surface area contributed by atoms with Crippen molar-refractivity contribution in [3.05, 3.63) is 52.6 Å². The van der Waals surface area contributed by atoms with Gasteiger partial charge in [0.15, 0.2) is 5.78 Å². The summed E-state index contributed by atoms with van der Waals surface area (Å²) in [6.45, 7) is 3.99. The van der Waals surface area contributed by atoms with Crippen LogP contribution in [0.15, 0.2) is 47.1 Å². The second-order valence-electron chi connectivity index (χ2n) is 9.89. The Morgan fingerprint density at radius 3 is 2.56 bits per heavy atom. The van der Waals surface area contributed by atoms with Crippen molar-refractivity contribution in [2.45, 2.75) is 70.8 Å². The largest absolute Gasteiger partial charge is 0.393 e. The number of rotatable bonds is 3. The van der Waals surface area contributed by atoms with Crippen molar-refractivity contribution in [1.29, 1.82) is 0 Å². The standard InChI is InChI=1S/C25H31NO2S.C3H4/c1-25-14-21(15-3-6-17(7-4-15)26-29-2)24-19-10-8-18(27)13-16(19)5-9-20(24)22(25)11-12-23(25)28;1-3-2/h3-4,6-7,13,20-23,26,28H,5,8-12,14H2,1-2H3;1H,2H3. The number of nitrogens with one attached hydrogen (secondary N) is 1. The molecule has 5 rings (SSSR count). The Labute approximate surface area is 197 Å². The number of terminal acetylenes is 1. The van der Waals surface area contributed by atoms with Gasteiger partial charge in [0.2, 0.25) is 0 Å². The highest BCUT2D eigenvalue weighted by Gasteiger charge is 2.56. The van der Waals surface area contributed by atoms with Crippen LogP contribution in [0, 0.1) is 29.6 Å². The van der Waals surface area contributed by atoms with Gasteiger partial charge >= 0.3 is 0 Å². The van der Waals surface area contributed by atoms with Gasteiger partial charge in [0, 0.05) is 24.3 Å². The minimum atomic E-state index is -0.191. The average Bonchev–Trinajstić information content (AvgIpc) is 3.08. The van der Waals surface area contributed by atoms with Gasteiger partial charge in [-0.1, -0.05) is 36.6 Å². The fourth-order valence-electron chi connectivity index (χ4n) is 6.83. The highest BCUT2D eigenvalue weighted by atomic mass is 32.2. The minimum Gasteiger partial charge on any atom is -0.393 e. The van der Waals surface area contributed by atoms with Gasteiger partial charge in [-0.3, -0.25) is 4.79 Å². The van der Waals surface area contributed by atoms with Crippen LogP contribution in [0.3, 0.4) is 0 Å². The summed E-state index contributed by atoms with van der Waals surface area (Å²) in [7, 11) is 0. The lowest BCUT2D eigenvalue weighted by Crippen LogP contribution is -2.45. The summed E-state index contributed by atoms with van der Waals surface area (Å²) in [6, 6.07) is 8.89. The molecule has 4 aliphatic carbocycles. The summed E-state index contributed by atoms with van der Waals surface area (Å²) >= 11 is 1.61. The molecule has 0 radical (unpaired) electrons. The zero-order valence-corrected chi connectivity index (χ0v) is 20.3. The van der Waals surface area contributed by atoms with Crippen molar-refractivity contribution in [2.75, 3.05) is 11.0 Å². The van der Waals surface area contributed by atoms with E-state index in [1.165, 1.54) is 16.7 Å². The van der Waals surface area contributed by atoms with Crippen LogP contribution in [-0.2, 0) is 4.79 Å². The first-order valence-corrected chi connectivity index (χ1v) is 13.1. The van der Waals surface area contributed by atoms with Crippen LogP contribution >= 0.6 is 11.9 Å². The summed E-state index contributed by atoms with van der Waals surface area (Å²) in [5.41, 5.74) is 6.89. The number of ketones is 1. The second-order valence-corrected chi connectivity index (χ2v) is 10.5. The number of hydrogen-bond donors (Lipinski definition) is 2. The van der Waals surface area contributed by atoms with Crippen molar-refractivity contribution in [2.24, 2.45) is 17.3 Å². The number of aliphatic hydroxyl groups is 1. The van der Waals surface area contributed by atoms with Crippen molar-refractivity contribution in [3.63, 3.8) is 0 Å². The van der Waals surface area contributed by atoms with Gasteiger partial charge in [0.25, 0.3) is 0 Å². The predicted molar refractivity (Wildman–Crippen MR) is 134 cm³/mol. The third kappa shape index (κ3) is 4.06. The molecule has 2 saturated carbocycles. The van der Waals surface area contributed by atoms with Crippen LogP contribution in [0.4, 0.5) is 5.69 Å². The average molecular weight is 450 g/mol. The maximum atomic E-state index is 12.1. The molecule has 1 aromatic carbocycles. The fraction of sp³-hybridized carbons (Fsp3) is 0.536. The molecule has 0 aliphatic heterocycles. The first-order valence-electron chi connectivity index (χ1n) is 11.8. The molecule has 0 heterocycles. The van der Waals surface area contributed by atoms with E-state index in [4.69, 9.17) is 0 Å². The monoisotopic (exact) mass is 449 g/mol. The van der Waals surface area contributed by atoms with E-state index < -0.39 is 0 Å². The zero-order chi connectivity index (χ0) is 22.9. The van der Waals surface area contributed by atoms with Crippen LogP contribution in [0.1, 0.15) is 70.3 Å². The van der Waals surface area contributed by atoms with Crippen LogP contribution < -0.4 is 4.72 Å². The Bertz CT molecular complexity index is 970. The molecule has 0 aromatic heterocycles. The Hall–Kier alpha value is -1.96. The van der Waals surface area contributed by atoms with Gasteiger partial charge in [0.05, 0.1) is 6.10 Å². The molecule has 2 fully saturated rings. The second kappa shape index (κ2) is 9.49. The number of carbonyl (C=O) groups is 1. The molecule has 4 heteroatoms. The third-order valence-corrected chi connectivity index (χ3v) is 8.65. The van der Waals surface area contributed by atoms with Crippen LogP contribution in [0.2, 0.25) is 0 Å². The lowest BCUT2D eigenvalue weighted by molar-refractivity contribution is -0.114. The number of hydrogen-bond acceptors (Lipinski definition) is 4. The van der Waals surface area contributed by atoms with Gasteiger partial charge in [-0.2, -0.15) is 0 Å². The SMILES string of the molecule is C#CC.CSNc1ccc(C2CC3(C)C(O)CCC3C3CCC4=CC(=O)CCC4=C23)cc1. The van der Waals surface area contributed by atoms with E-state index >= 15 is 0 Å². The van der Waals surface area contributed by atoms with Gasteiger partial charge in [-0.25, -0.2) is 0 Å². The molecule has 0 saturated heterocycles. The Kier molecular flexibility index (Phi) is 6.89. The summed E-state index contributed by atoms with van der Waals surface area (Å²) in [6.07, 6.45) is 15.2. The number of allylic oxidation sites excluding steroid dienone is 4. The fourth-order valence-corrected chi connectivity index (χ4v) is 7.20. The minimum absolute atomic E-state index is 0.00128. The van der Waals surface area contributed by atoms with Crippen molar-refractivity contribution in [3.8, 4) is 12.3 Å². The van der Waals surface area contributed by atoms with E-state index in [1.54, 1.807) is 24.4 Å². The smallest absolute Gasteiger partial charge is 0.156 e. The quantitative estimate of drug-likeness (QED) is 0.421. The number of anilines is 1. The van der Waals surface area contributed by atoms with E-state index in [0.717, 1.165) is 44.2 Å². The Morgan fingerprint density at radius 2 is 1.88 bits per heavy atom. The maximum absolute atomic E-state index is 12.1. The molecule has 2 N–H and O–H groups in total. The Morgan fingerprint density at radius 1 is 1.16 bits per heavy atom. The summed E-state index contributed by atoms with van der Waals surface area (Å²) in [4.78, 5) is 12.1. The van der Waals surface area contributed by atoms with E-state index in [-0.39, 0.29) is 11.5 Å². The molecule has 4 aliphatic rings. The number of aliphatic hydroxyl groups excluding tert-OH is 1. The van der Waals surface area contributed by atoms with Gasteiger partial charge in [-0.05, 0) is 97.6 Å². The molecule has 1 aromatic rings. The molecule has 5 unspecified atom stereocenters. The lowest BCUT2D eigenvalue weighted by atomic mass is 9.53. The van der Waals surface area contributed by atoms with E-state index in [1.807, 2.05) is 12.3 Å². The predicted octanol–water partition coefficient (Wildman–Crippen LogP) is 6.28. The molecule has 32 heavy (non-hydrogen) atoms. The highest BCUT2D eigenvalue weighted by molar-refractivity contribution is 7.99. The molecular formula is C28H35NO2S. The van der Waals surface area contributed by atoms with Crippen molar-refractivity contribution < 1.29 is 9.90 Å². The first kappa shape index (κ1) is 23.2. The summed E-state index contributed by atoms with van der Waals surface area (Å²) < 4.78 is 3.31. The molecule has 170 valence electrons. The molecular weight excluding hydrogens is 414 g/mol. The molecule has 0 bridgehead atoms. The Balaban J connectivity index is 0.000000775. The van der Waals surface area contributed by atoms with Crippen LogP contribution in [0.25, 0.3) is 0 Å². The van der Waals surface area contributed by atoms with Gasteiger partial charge < -0.3 is 9.83 Å². The molecule has 0 amide bonds. The molecule has 0 spiro atoms. The van der Waals surface area contributed by atoms with E-state index in [2.05, 4.69) is 48.3 Å². The molecule has 5 atom stereocenters. The van der Waals surface area contributed by atoms with Crippen LogP contribution in [0.5, 0.6) is 0 Å². The highest BCUT2D eigenvalue weighted by Crippen LogP contribution is 2.63. The van der Waals surface area contributed by atoms with Gasteiger partial charge in [0.1, 0.15) is 0 Å². The lowest BCUT2D eigenvalue weighted by Gasteiger charge is -2.52. The topological polar surface area (TPSA) is 49.3 Å². The van der Waals surface area contributed by atoms with Crippen molar-refractivity contribution >= 4 is 23.4 Å². The third-order valence-electron chi connectivity index (χ3n) is 8.21. The maximum Gasteiger partial charge on any atom is 0.156 e. The summed E-state index contributed by atoms with van der Waals surface area (Å²) in [5, 5.41) is 10.9. The summed E-state index contributed by atoms with van der Waals surface area (Å²) in [5.74, 6) is 4.03. The van der Waals surface area contributed by atoms with E-state index in [9.17, 15) is 9.90 Å².